The van der Waals surface area contributed by atoms with Crippen molar-refractivity contribution < 1.29 is 3.07 Å². The van der Waals surface area contributed by atoms with Crippen molar-refractivity contribution in [3.8, 4) is 0 Å². The van der Waals surface area contributed by atoms with E-state index in [4.69, 9.17) is 3.07 Å². The summed E-state index contributed by atoms with van der Waals surface area (Å²) >= 11 is 0.806. The number of benzene rings is 2. The summed E-state index contributed by atoms with van der Waals surface area (Å²) < 4.78 is 5.65. The van der Waals surface area contributed by atoms with Crippen LogP contribution in [-0.4, -0.2) is 22.9 Å². The predicted octanol–water partition coefficient (Wildman–Crippen LogP) is 2.61. The molecule has 0 N–H and O–H groups in total. The molecule has 0 atom stereocenters. The SMILES string of the molecule is [SnH][O]C(c1ccccc1)c1ccccc1. The third-order valence-corrected chi connectivity index (χ3v) is 3.12. The van der Waals surface area contributed by atoms with Gasteiger partial charge in [-0.15, -0.1) is 0 Å². The molecule has 0 aliphatic heterocycles. The second kappa shape index (κ2) is 5.33. The Morgan fingerprint density at radius 2 is 1.13 bits per heavy atom. The summed E-state index contributed by atoms with van der Waals surface area (Å²) in [7, 11) is 0. The average molecular weight is 303 g/mol. The molecule has 0 bridgehead atoms. The van der Waals surface area contributed by atoms with Crippen LogP contribution in [0.15, 0.2) is 60.7 Å². The molecule has 2 radical (unpaired) electrons. The van der Waals surface area contributed by atoms with E-state index in [2.05, 4.69) is 24.3 Å². The van der Waals surface area contributed by atoms with Crippen molar-refractivity contribution in [3.63, 3.8) is 0 Å². The van der Waals surface area contributed by atoms with Gasteiger partial charge >= 0.3 is 104 Å². The van der Waals surface area contributed by atoms with E-state index < -0.39 is 0 Å². The van der Waals surface area contributed by atoms with Crippen molar-refractivity contribution in [2.24, 2.45) is 0 Å². The first-order valence-corrected chi connectivity index (χ1v) is 6.22. The third kappa shape index (κ3) is 2.61. The summed E-state index contributed by atoms with van der Waals surface area (Å²) in [5.41, 5.74) is 2.44. The van der Waals surface area contributed by atoms with Crippen molar-refractivity contribution in [3.05, 3.63) is 71.8 Å². The summed E-state index contributed by atoms with van der Waals surface area (Å²) in [6.45, 7) is 0. The molecule has 0 aliphatic rings. The number of hydrogen-bond acceptors (Lipinski definition) is 1. The van der Waals surface area contributed by atoms with Gasteiger partial charge in [-0.1, -0.05) is 0 Å². The fourth-order valence-corrected chi connectivity index (χ4v) is 2.50. The Balaban J connectivity index is 2.34. The molecular weight excluding hydrogens is 291 g/mol. The summed E-state index contributed by atoms with van der Waals surface area (Å²) in [5, 5.41) is 0. The maximum absolute atomic E-state index is 5.65. The number of rotatable bonds is 3. The molecule has 0 unspecified atom stereocenters. The molecule has 2 rings (SSSR count). The van der Waals surface area contributed by atoms with Crippen LogP contribution in [0.4, 0.5) is 0 Å². The van der Waals surface area contributed by atoms with E-state index in [0.29, 0.717) is 0 Å². The van der Waals surface area contributed by atoms with Crippen molar-refractivity contribution in [2.45, 2.75) is 6.10 Å². The predicted molar refractivity (Wildman–Crippen MR) is 63.0 cm³/mol. The molecule has 0 aliphatic carbocycles. The standard InChI is InChI=1S/C13H11O.Sn.H/c14-13(11-7-3-1-4-8-11)12-9-5-2-6-10-12;;/h1-10,13H;;/q-1;+1;. The molecule has 0 saturated carbocycles. The third-order valence-electron chi connectivity index (χ3n) is 2.34. The van der Waals surface area contributed by atoms with E-state index in [1.54, 1.807) is 0 Å². The van der Waals surface area contributed by atoms with Gasteiger partial charge in [0.25, 0.3) is 0 Å². The van der Waals surface area contributed by atoms with E-state index in [0.717, 1.165) is 22.9 Å². The van der Waals surface area contributed by atoms with E-state index in [1.807, 2.05) is 36.4 Å². The van der Waals surface area contributed by atoms with Crippen LogP contribution in [0.2, 0.25) is 0 Å². The minimum atomic E-state index is 0.0924. The molecule has 2 aromatic rings. The Morgan fingerprint density at radius 3 is 1.47 bits per heavy atom. The molecule has 0 saturated heterocycles. The minimum absolute atomic E-state index is 0.0924. The molecule has 15 heavy (non-hydrogen) atoms. The van der Waals surface area contributed by atoms with Gasteiger partial charge in [0, 0.05) is 0 Å². The monoisotopic (exact) mass is 304 g/mol. The van der Waals surface area contributed by atoms with Gasteiger partial charge in [0.15, 0.2) is 0 Å². The first-order valence-electron chi connectivity index (χ1n) is 4.87. The zero-order valence-electron chi connectivity index (χ0n) is 8.34. The van der Waals surface area contributed by atoms with Crippen molar-refractivity contribution >= 4 is 22.9 Å². The van der Waals surface area contributed by atoms with E-state index in [9.17, 15) is 0 Å². The van der Waals surface area contributed by atoms with Gasteiger partial charge in [-0.25, -0.2) is 0 Å². The van der Waals surface area contributed by atoms with E-state index in [1.165, 1.54) is 11.1 Å². The van der Waals surface area contributed by atoms with Crippen LogP contribution >= 0.6 is 0 Å². The Bertz CT molecular complexity index is 360. The molecule has 0 fully saturated rings. The van der Waals surface area contributed by atoms with Gasteiger partial charge in [0.2, 0.25) is 0 Å². The summed E-state index contributed by atoms with van der Waals surface area (Å²) in [5.74, 6) is 0. The average Bonchev–Trinajstić information content (AvgIpc) is 2.33. The second-order valence-corrected chi connectivity index (χ2v) is 4.11. The van der Waals surface area contributed by atoms with Gasteiger partial charge in [-0.05, 0) is 0 Å². The molecule has 0 heterocycles. The van der Waals surface area contributed by atoms with Gasteiger partial charge in [0.05, 0.1) is 0 Å². The van der Waals surface area contributed by atoms with Gasteiger partial charge in [-0.3, -0.25) is 0 Å². The fourth-order valence-electron chi connectivity index (χ4n) is 1.61. The Morgan fingerprint density at radius 1 is 0.733 bits per heavy atom. The van der Waals surface area contributed by atoms with Crippen molar-refractivity contribution in [2.75, 3.05) is 0 Å². The van der Waals surface area contributed by atoms with Crippen molar-refractivity contribution in [1.82, 2.24) is 0 Å². The molecule has 0 spiro atoms. The summed E-state index contributed by atoms with van der Waals surface area (Å²) in [6, 6.07) is 20.7. The maximum atomic E-state index is 5.65. The van der Waals surface area contributed by atoms with E-state index in [-0.39, 0.29) is 6.10 Å². The van der Waals surface area contributed by atoms with Crippen LogP contribution in [0.1, 0.15) is 17.2 Å². The molecule has 2 aromatic carbocycles. The molecule has 1 nitrogen and oxygen atoms in total. The second-order valence-electron chi connectivity index (χ2n) is 3.34. The van der Waals surface area contributed by atoms with Crippen LogP contribution in [-0.2, 0) is 3.07 Å². The van der Waals surface area contributed by atoms with Crippen LogP contribution in [0.25, 0.3) is 0 Å². The Labute approximate surface area is 104 Å². The summed E-state index contributed by atoms with van der Waals surface area (Å²) in [6.07, 6.45) is 0.0924. The van der Waals surface area contributed by atoms with Gasteiger partial charge in [0.1, 0.15) is 0 Å². The molecule has 2 heteroatoms. The molecule has 0 aromatic heterocycles. The van der Waals surface area contributed by atoms with Crippen LogP contribution < -0.4 is 0 Å². The molecule has 74 valence electrons. The summed E-state index contributed by atoms with van der Waals surface area (Å²) in [4.78, 5) is 0. The topological polar surface area (TPSA) is 9.23 Å². The zero-order valence-corrected chi connectivity index (χ0v) is 11.6. The zero-order chi connectivity index (χ0) is 10.5. The van der Waals surface area contributed by atoms with Crippen LogP contribution in [0.3, 0.4) is 0 Å². The van der Waals surface area contributed by atoms with Crippen LogP contribution in [0, 0.1) is 0 Å². The van der Waals surface area contributed by atoms with Crippen molar-refractivity contribution in [1.29, 1.82) is 0 Å². The normalized spacial score (nSPS) is 10.5. The first-order chi connectivity index (χ1) is 7.42. The van der Waals surface area contributed by atoms with E-state index >= 15 is 0 Å². The Hall–Kier alpha value is -0.801. The van der Waals surface area contributed by atoms with Gasteiger partial charge in [-0.2, -0.15) is 0 Å². The molecule has 0 amide bonds. The fraction of sp³-hybridized carbons (Fsp3) is 0.0769. The quantitative estimate of drug-likeness (QED) is 0.792. The first kappa shape index (κ1) is 10.7. The molecular formula is C13H12OSn. The van der Waals surface area contributed by atoms with Gasteiger partial charge < -0.3 is 0 Å². The van der Waals surface area contributed by atoms with Crippen LogP contribution in [0.5, 0.6) is 0 Å². The number of hydrogen-bond donors (Lipinski definition) is 0. The Kier molecular flexibility index (Phi) is 3.80.